The van der Waals surface area contributed by atoms with Crippen LogP contribution in [0.4, 0.5) is 0 Å². The SMILES string of the molecule is CC(=O)OC(C=C(C)CCCC(C)C(=O)C=CC(C)(C)O)CC(C)=CCc1cc(O)cc(C)c1O. The van der Waals surface area contributed by atoms with Crippen LogP contribution in [0.15, 0.2) is 47.6 Å². The minimum atomic E-state index is -1.00. The lowest BCUT2D eigenvalue weighted by molar-refractivity contribution is -0.144. The standard InChI is InChI=1S/C29H42O6/c1-19(9-8-10-21(3)27(32)13-14-29(6,7)34)15-26(35-23(5)30)16-20(2)11-12-24-18-25(31)17-22(4)28(24)33/h11,13-15,17-18,21,26,31,33-34H,8-10,12,16H2,1-7H3. The fourth-order valence-electron chi connectivity index (χ4n) is 3.70. The summed E-state index contributed by atoms with van der Waals surface area (Å²) < 4.78 is 5.50. The summed E-state index contributed by atoms with van der Waals surface area (Å²) >= 11 is 0. The predicted molar refractivity (Wildman–Crippen MR) is 139 cm³/mol. The Bertz CT molecular complexity index is 962. The van der Waals surface area contributed by atoms with Crippen molar-refractivity contribution in [3.8, 4) is 11.5 Å². The van der Waals surface area contributed by atoms with E-state index in [-0.39, 0.29) is 29.2 Å². The Morgan fingerprint density at radius 2 is 1.77 bits per heavy atom. The average Bonchev–Trinajstić information content (AvgIpc) is 2.72. The number of allylic oxidation sites excluding steroid dienone is 3. The summed E-state index contributed by atoms with van der Waals surface area (Å²) in [6, 6.07) is 3.06. The summed E-state index contributed by atoms with van der Waals surface area (Å²) in [6.07, 6.45) is 9.78. The first-order valence-corrected chi connectivity index (χ1v) is 12.1. The van der Waals surface area contributed by atoms with E-state index in [0.29, 0.717) is 24.0 Å². The summed E-state index contributed by atoms with van der Waals surface area (Å²) in [4.78, 5) is 23.8. The van der Waals surface area contributed by atoms with Gasteiger partial charge in [-0.3, -0.25) is 9.59 Å². The van der Waals surface area contributed by atoms with E-state index in [9.17, 15) is 24.9 Å². The van der Waals surface area contributed by atoms with Gasteiger partial charge in [0, 0.05) is 24.8 Å². The normalized spacial score (nSPS) is 14.7. The van der Waals surface area contributed by atoms with Gasteiger partial charge >= 0.3 is 5.97 Å². The molecule has 2 atom stereocenters. The smallest absolute Gasteiger partial charge is 0.303 e. The molecule has 0 aliphatic carbocycles. The number of phenolic OH excluding ortho intramolecular Hbond substituents is 2. The topological polar surface area (TPSA) is 104 Å². The number of hydrogen-bond donors (Lipinski definition) is 3. The Labute approximate surface area is 210 Å². The molecule has 35 heavy (non-hydrogen) atoms. The van der Waals surface area contributed by atoms with Gasteiger partial charge in [-0.25, -0.2) is 0 Å². The molecule has 0 fully saturated rings. The third kappa shape index (κ3) is 12.4. The van der Waals surface area contributed by atoms with Gasteiger partial charge in [0.25, 0.3) is 0 Å². The Kier molecular flexibility index (Phi) is 12.0. The lowest BCUT2D eigenvalue weighted by Crippen LogP contribution is -2.16. The Hall–Kier alpha value is -2.86. The molecular weight excluding hydrogens is 444 g/mol. The van der Waals surface area contributed by atoms with E-state index in [1.54, 1.807) is 26.8 Å². The maximum Gasteiger partial charge on any atom is 0.303 e. The molecule has 0 amide bonds. The fraction of sp³-hybridized carbons (Fsp3) is 0.517. The lowest BCUT2D eigenvalue weighted by Gasteiger charge is -2.16. The first-order valence-electron chi connectivity index (χ1n) is 12.1. The third-order valence-electron chi connectivity index (χ3n) is 5.69. The molecule has 0 saturated carbocycles. The van der Waals surface area contributed by atoms with Gasteiger partial charge < -0.3 is 20.1 Å². The van der Waals surface area contributed by atoms with Crippen molar-refractivity contribution in [2.24, 2.45) is 5.92 Å². The maximum absolute atomic E-state index is 12.2. The average molecular weight is 487 g/mol. The summed E-state index contributed by atoms with van der Waals surface area (Å²) in [5, 5.41) is 29.7. The van der Waals surface area contributed by atoms with Crippen molar-refractivity contribution in [3.05, 3.63) is 58.7 Å². The highest BCUT2D eigenvalue weighted by atomic mass is 16.5. The molecule has 0 aromatic heterocycles. The van der Waals surface area contributed by atoms with Crippen molar-refractivity contribution in [2.45, 2.75) is 92.3 Å². The van der Waals surface area contributed by atoms with Crippen LogP contribution in [0.3, 0.4) is 0 Å². The zero-order chi connectivity index (χ0) is 26.8. The Balaban J connectivity index is 2.73. The molecule has 0 aliphatic rings. The Morgan fingerprint density at radius 3 is 2.37 bits per heavy atom. The number of rotatable bonds is 13. The van der Waals surface area contributed by atoms with Crippen LogP contribution in [0.2, 0.25) is 0 Å². The fourth-order valence-corrected chi connectivity index (χ4v) is 3.70. The highest BCUT2D eigenvalue weighted by Gasteiger charge is 2.14. The number of aliphatic hydroxyl groups is 1. The molecule has 1 rings (SSSR count). The number of phenols is 2. The van der Waals surface area contributed by atoms with Gasteiger partial charge in [-0.05, 0) is 90.2 Å². The van der Waals surface area contributed by atoms with Gasteiger partial charge in [-0.15, -0.1) is 0 Å². The molecule has 1 aromatic rings. The van der Waals surface area contributed by atoms with E-state index in [1.807, 2.05) is 32.9 Å². The molecule has 0 aliphatic heterocycles. The molecule has 0 spiro atoms. The van der Waals surface area contributed by atoms with Crippen LogP contribution in [0.5, 0.6) is 11.5 Å². The number of aromatic hydroxyl groups is 2. The first-order chi connectivity index (χ1) is 16.2. The molecule has 3 N–H and O–H groups in total. The van der Waals surface area contributed by atoms with E-state index < -0.39 is 11.7 Å². The first kappa shape index (κ1) is 30.2. The van der Waals surface area contributed by atoms with Crippen LogP contribution in [0.1, 0.15) is 78.4 Å². The largest absolute Gasteiger partial charge is 0.508 e. The summed E-state index contributed by atoms with van der Waals surface area (Å²) in [5.41, 5.74) is 2.33. The zero-order valence-electron chi connectivity index (χ0n) is 22.2. The third-order valence-corrected chi connectivity index (χ3v) is 5.69. The summed E-state index contributed by atoms with van der Waals surface area (Å²) in [6.45, 7) is 12.2. The molecule has 0 radical (unpaired) electrons. The van der Waals surface area contributed by atoms with Crippen molar-refractivity contribution < 1.29 is 29.6 Å². The highest BCUT2D eigenvalue weighted by molar-refractivity contribution is 5.91. The number of benzene rings is 1. The van der Waals surface area contributed by atoms with Crippen molar-refractivity contribution in [1.29, 1.82) is 0 Å². The minimum absolute atomic E-state index is 0.000254. The molecule has 2 unspecified atom stereocenters. The quantitative estimate of drug-likeness (QED) is 0.139. The van der Waals surface area contributed by atoms with E-state index in [4.69, 9.17) is 4.74 Å². The number of carbonyl (C=O) groups excluding carboxylic acids is 2. The van der Waals surface area contributed by atoms with Gasteiger partial charge in [-0.1, -0.05) is 30.2 Å². The molecule has 194 valence electrons. The maximum atomic E-state index is 12.2. The second-order valence-electron chi connectivity index (χ2n) is 10.1. The van der Waals surface area contributed by atoms with Crippen LogP contribution in [-0.2, 0) is 20.7 Å². The van der Waals surface area contributed by atoms with Gasteiger partial charge in [0.1, 0.15) is 17.6 Å². The molecule has 1 aromatic carbocycles. The highest BCUT2D eigenvalue weighted by Crippen LogP contribution is 2.28. The number of hydrogen-bond acceptors (Lipinski definition) is 6. The zero-order valence-corrected chi connectivity index (χ0v) is 22.2. The summed E-state index contributed by atoms with van der Waals surface area (Å²) in [5.74, 6) is -0.205. The second kappa shape index (κ2) is 13.9. The molecule has 0 heterocycles. The van der Waals surface area contributed by atoms with Crippen LogP contribution in [0.25, 0.3) is 0 Å². The van der Waals surface area contributed by atoms with E-state index >= 15 is 0 Å². The Morgan fingerprint density at radius 1 is 1.11 bits per heavy atom. The monoisotopic (exact) mass is 486 g/mol. The molecule has 6 heteroatoms. The number of aryl methyl sites for hydroxylation is 1. The van der Waals surface area contributed by atoms with E-state index in [2.05, 4.69) is 0 Å². The van der Waals surface area contributed by atoms with Crippen LogP contribution >= 0.6 is 0 Å². The van der Waals surface area contributed by atoms with E-state index in [1.165, 1.54) is 25.1 Å². The van der Waals surface area contributed by atoms with Gasteiger partial charge in [0.15, 0.2) is 5.78 Å². The minimum Gasteiger partial charge on any atom is -0.508 e. The van der Waals surface area contributed by atoms with E-state index in [0.717, 1.165) is 30.4 Å². The van der Waals surface area contributed by atoms with Crippen molar-refractivity contribution >= 4 is 11.8 Å². The van der Waals surface area contributed by atoms with Gasteiger partial charge in [-0.2, -0.15) is 0 Å². The molecule has 0 saturated heterocycles. The molecular formula is C29H42O6. The predicted octanol–water partition coefficient (Wildman–Crippen LogP) is 5.87. The van der Waals surface area contributed by atoms with Crippen LogP contribution < -0.4 is 0 Å². The number of ketones is 1. The van der Waals surface area contributed by atoms with Crippen LogP contribution in [-0.4, -0.2) is 38.8 Å². The summed E-state index contributed by atoms with van der Waals surface area (Å²) in [7, 11) is 0. The van der Waals surface area contributed by atoms with Gasteiger partial charge in [0.05, 0.1) is 5.60 Å². The second-order valence-corrected chi connectivity index (χ2v) is 10.1. The number of esters is 1. The lowest BCUT2D eigenvalue weighted by atomic mass is 9.95. The van der Waals surface area contributed by atoms with Crippen LogP contribution in [0, 0.1) is 12.8 Å². The molecule has 0 bridgehead atoms. The number of carbonyl (C=O) groups is 2. The van der Waals surface area contributed by atoms with Crippen molar-refractivity contribution in [3.63, 3.8) is 0 Å². The van der Waals surface area contributed by atoms with Crippen molar-refractivity contribution in [2.75, 3.05) is 0 Å². The number of ether oxygens (including phenoxy) is 1. The van der Waals surface area contributed by atoms with Crippen molar-refractivity contribution in [1.82, 2.24) is 0 Å². The molecule has 6 nitrogen and oxygen atoms in total. The van der Waals surface area contributed by atoms with Gasteiger partial charge in [0.2, 0.25) is 0 Å².